The van der Waals surface area contributed by atoms with Crippen molar-refractivity contribution in [2.24, 2.45) is 5.10 Å². The largest absolute Gasteiger partial charge is 0.484 e. The van der Waals surface area contributed by atoms with E-state index in [2.05, 4.69) is 10.5 Å². The predicted molar refractivity (Wildman–Crippen MR) is 109 cm³/mol. The van der Waals surface area contributed by atoms with Crippen LogP contribution in [-0.2, 0) is 4.79 Å². The third-order valence-electron chi connectivity index (χ3n) is 3.67. The smallest absolute Gasteiger partial charge is 0.337 e. The first-order chi connectivity index (χ1) is 13.9. The first kappa shape index (κ1) is 20.4. The topological polar surface area (TPSA) is 101 Å². The number of hydrazone groups is 1. The minimum atomic E-state index is -1.13. The number of carbonyl (C=O) groups excluding carboxylic acids is 1. The summed E-state index contributed by atoms with van der Waals surface area (Å²) < 4.78 is 10.9. The summed E-state index contributed by atoms with van der Waals surface area (Å²) in [6.07, 6.45) is 1.32. The van der Waals surface area contributed by atoms with Gasteiger partial charge in [0.25, 0.3) is 5.91 Å². The highest BCUT2D eigenvalue weighted by molar-refractivity contribution is 6.33. The number of carbonyl (C=O) groups is 2. The standard InChI is InChI=1S/C20H14Cl2N2O5/c21-13-2-4-14(5-3-13)28-11-19(25)24-23-10-15-6-8-18(29-15)12-1-7-17(22)16(9-12)20(26)27/h1-10H,11H2,(H,24,25)(H,26,27)/b23-10-. The Morgan fingerprint density at radius 3 is 2.59 bits per heavy atom. The number of amides is 1. The summed E-state index contributed by atoms with van der Waals surface area (Å²) in [5.41, 5.74) is 2.84. The van der Waals surface area contributed by atoms with Crippen molar-refractivity contribution in [1.29, 1.82) is 0 Å². The Morgan fingerprint density at radius 2 is 1.86 bits per heavy atom. The normalized spacial score (nSPS) is 10.8. The molecular formula is C20H14Cl2N2O5. The van der Waals surface area contributed by atoms with Gasteiger partial charge < -0.3 is 14.3 Å². The molecule has 1 heterocycles. The van der Waals surface area contributed by atoms with Crippen molar-refractivity contribution in [2.45, 2.75) is 0 Å². The maximum Gasteiger partial charge on any atom is 0.337 e. The van der Waals surface area contributed by atoms with E-state index in [1.807, 2.05) is 0 Å². The zero-order valence-electron chi connectivity index (χ0n) is 14.8. The zero-order valence-corrected chi connectivity index (χ0v) is 16.3. The van der Waals surface area contributed by atoms with Crippen LogP contribution in [0.5, 0.6) is 5.75 Å². The van der Waals surface area contributed by atoms with Gasteiger partial charge in [0.15, 0.2) is 6.61 Å². The predicted octanol–water partition coefficient (Wildman–Crippen LogP) is 4.48. The number of carboxylic acids is 1. The molecule has 0 radical (unpaired) electrons. The van der Waals surface area contributed by atoms with Gasteiger partial charge in [-0.3, -0.25) is 4.79 Å². The molecule has 7 nitrogen and oxygen atoms in total. The van der Waals surface area contributed by atoms with E-state index < -0.39 is 11.9 Å². The van der Waals surface area contributed by atoms with E-state index in [1.54, 1.807) is 42.5 Å². The summed E-state index contributed by atoms with van der Waals surface area (Å²) in [5, 5.41) is 13.7. The van der Waals surface area contributed by atoms with Gasteiger partial charge in [0.05, 0.1) is 16.8 Å². The summed E-state index contributed by atoms with van der Waals surface area (Å²) in [5.74, 6) is -0.276. The number of rotatable bonds is 7. The number of aromatic carboxylic acids is 1. The minimum absolute atomic E-state index is 0.0243. The van der Waals surface area contributed by atoms with Crippen molar-refractivity contribution < 1.29 is 23.8 Å². The van der Waals surface area contributed by atoms with E-state index in [9.17, 15) is 9.59 Å². The number of carboxylic acid groups (broad SMARTS) is 1. The lowest BCUT2D eigenvalue weighted by molar-refractivity contribution is -0.123. The first-order valence-electron chi connectivity index (χ1n) is 8.25. The van der Waals surface area contributed by atoms with E-state index >= 15 is 0 Å². The van der Waals surface area contributed by atoms with Crippen LogP contribution in [0, 0.1) is 0 Å². The molecule has 0 spiro atoms. The summed E-state index contributed by atoms with van der Waals surface area (Å²) in [6, 6.07) is 14.4. The van der Waals surface area contributed by atoms with Gasteiger partial charge >= 0.3 is 5.97 Å². The van der Waals surface area contributed by atoms with Gasteiger partial charge in [0, 0.05) is 10.6 Å². The van der Waals surface area contributed by atoms with Crippen LogP contribution < -0.4 is 10.2 Å². The molecule has 0 saturated heterocycles. The molecule has 0 aliphatic heterocycles. The Labute approximate surface area is 175 Å². The molecule has 0 saturated carbocycles. The number of hydrogen-bond acceptors (Lipinski definition) is 5. The zero-order chi connectivity index (χ0) is 20.8. The molecule has 0 aliphatic rings. The molecular weight excluding hydrogens is 419 g/mol. The van der Waals surface area contributed by atoms with Crippen LogP contribution in [0.3, 0.4) is 0 Å². The lowest BCUT2D eigenvalue weighted by Crippen LogP contribution is -2.24. The van der Waals surface area contributed by atoms with Crippen LogP contribution in [0.4, 0.5) is 0 Å². The molecule has 2 aromatic carbocycles. The average Bonchev–Trinajstić information content (AvgIpc) is 3.16. The monoisotopic (exact) mass is 432 g/mol. The van der Waals surface area contributed by atoms with Crippen molar-refractivity contribution in [3.8, 4) is 17.1 Å². The SMILES string of the molecule is O=C(COc1ccc(Cl)cc1)N/N=C\c1ccc(-c2ccc(Cl)c(C(=O)O)c2)o1. The van der Waals surface area contributed by atoms with Gasteiger partial charge in [-0.25, -0.2) is 10.2 Å². The lowest BCUT2D eigenvalue weighted by atomic mass is 10.1. The Bertz CT molecular complexity index is 1060. The van der Waals surface area contributed by atoms with Gasteiger partial charge in [0.1, 0.15) is 17.3 Å². The fourth-order valence-electron chi connectivity index (χ4n) is 2.30. The van der Waals surface area contributed by atoms with Gasteiger partial charge in [-0.1, -0.05) is 23.2 Å². The maximum absolute atomic E-state index is 11.8. The quantitative estimate of drug-likeness (QED) is 0.423. The Kier molecular flexibility index (Phi) is 6.54. The number of benzene rings is 2. The summed E-state index contributed by atoms with van der Waals surface area (Å²) in [4.78, 5) is 22.9. The van der Waals surface area contributed by atoms with Gasteiger partial charge in [-0.05, 0) is 54.6 Å². The molecule has 9 heteroatoms. The molecule has 0 bridgehead atoms. The highest BCUT2D eigenvalue weighted by Gasteiger charge is 2.12. The van der Waals surface area contributed by atoms with Crippen LogP contribution >= 0.6 is 23.2 Å². The molecule has 3 rings (SSSR count). The van der Waals surface area contributed by atoms with Crippen LogP contribution in [0.15, 0.2) is 64.1 Å². The summed E-state index contributed by atoms with van der Waals surface area (Å²) >= 11 is 11.6. The second kappa shape index (κ2) is 9.27. The maximum atomic E-state index is 11.8. The third-order valence-corrected chi connectivity index (χ3v) is 4.25. The molecule has 29 heavy (non-hydrogen) atoms. The van der Waals surface area contributed by atoms with Crippen LogP contribution in [0.1, 0.15) is 16.1 Å². The fourth-order valence-corrected chi connectivity index (χ4v) is 2.62. The summed E-state index contributed by atoms with van der Waals surface area (Å²) in [6.45, 7) is -0.217. The van der Waals surface area contributed by atoms with Gasteiger partial charge in [0.2, 0.25) is 0 Å². The third kappa shape index (κ3) is 5.60. The molecule has 0 atom stereocenters. The number of furan rings is 1. The van der Waals surface area contributed by atoms with Crippen molar-refractivity contribution in [3.05, 3.63) is 76.0 Å². The molecule has 3 aromatic rings. The molecule has 2 N–H and O–H groups in total. The van der Waals surface area contributed by atoms with Crippen molar-refractivity contribution >= 4 is 41.3 Å². The average molecular weight is 433 g/mol. The second-order valence-electron chi connectivity index (χ2n) is 5.74. The molecule has 1 aromatic heterocycles. The molecule has 0 unspecified atom stereocenters. The molecule has 148 valence electrons. The van der Waals surface area contributed by atoms with Crippen LogP contribution in [-0.4, -0.2) is 29.8 Å². The number of nitrogens with one attached hydrogen (secondary N) is 1. The van der Waals surface area contributed by atoms with Crippen molar-refractivity contribution in [2.75, 3.05) is 6.61 Å². The van der Waals surface area contributed by atoms with E-state index in [1.165, 1.54) is 18.3 Å². The van der Waals surface area contributed by atoms with E-state index in [0.29, 0.717) is 27.9 Å². The number of ether oxygens (including phenoxy) is 1. The van der Waals surface area contributed by atoms with E-state index in [-0.39, 0.29) is 17.2 Å². The Hall–Kier alpha value is -3.29. The van der Waals surface area contributed by atoms with Crippen molar-refractivity contribution in [1.82, 2.24) is 5.43 Å². The highest BCUT2D eigenvalue weighted by Crippen LogP contribution is 2.26. The summed E-state index contributed by atoms with van der Waals surface area (Å²) in [7, 11) is 0. The molecule has 0 fully saturated rings. The minimum Gasteiger partial charge on any atom is -0.484 e. The molecule has 0 aliphatic carbocycles. The van der Waals surface area contributed by atoms with E-state index in [0.717, 1.165) is 0 Å². The van der Waals surface area contributed by atoms with Crippen LogP contribution in [0.2, 0.25) is 10.0 Å². The second-order valence-corrected chi connectivity index (χ2v) is 6.58. The molecule has 1 amide bonds. The lowest BCUT2D eigenvalue weighted by Gasteiger charge is -2.04. The number of halogens is 2. The fraction of sp³-hybridized carbons (Fsp3) is 0.0500. The number of hydrogen-bond donors (Lipinski definition) is 2. The van der Waals surface area contributed by atoms with Gasteiger partial charge in [-0.15, -0.1) is 0 Å². The van der Waals surface area contributed by atoms with Crippen molar-refractivity contribution in [3.63, 3.8) is 0 Å². The highest BCUT2D eigenvalue weighted by atomic mass is 35.5. The first-order valence-corrected chi connectivity index (χ1v) is 9.01. The number of nitrogens with zero attached hydrogens (tertiary/aromatic N) is 1. The Balaban J connectivity index is 1.56. The van der Waals surface area contributed by atoms with Crippen LogP contribution in [0.25, 0.3) is 11.3 Å². The van der Waals surface area contributed by atoms with Gasteiger partial charge in [-0.2, -0.15) is 5.10 Å². The van der Waals surface area contributed by atoms with E-state index in [4.69, 9.17) is 37.5 Å². The Morgan fingerprint density at radius 1 is 1.10 bits per heavy atom.